The Morgan fingerprint density at radius 1 is 1.71 bits per heavy atom. The number of carbonyl (C=O) groups is 1. The molecular formula is C13H16N4O2S2. The zero-order chi connectivity index (χ0) is 14.9. The van der Waals surface area contributed by atoms with E-state index in [9.17, 15) is 4.79 Å². The second-order valence-corrected chi connectivity index (χ2v) is 6.66. The summed E-state index contributed by atoms with van der Waals surface area (Å²) in [5.41, 5.74) is -0.286. The summed E-state index contributed by atoms with van der Waals surface area (Å²) in [5.74, 6) is 0.608. The Morgan fingerprint density at radius 2 is 2.57 bits per heavy atom. The van der Waals surface area contributed by atoms with Gasteiger partial charge in [0.05, 0.1) is 17.0 Å². The van der Waals surface area contributed by atoms with Gasteiger partial charge < -0.3 is 10.1 Å². The predicted molar refractivity (Wildman–Crippen MR) is 82.7 cm³/mol. The van der Waals surface area contributed by atoms with Gasteiger partial charge in [-0.05, 0) is 37.0 Å². The summed E-state index contributed by atoms with van der Waals surface area (Å²) in [6.45, 7) is 3.38. The maximum atomic E-state index is 12.3. The highest BCUT2D eigenvalue weighted by atomic mass is 32.1. The van der Waals surface area contributed by atoms with Crippen molar-refractivity contribution >= 4 is 29.5 Å². The van der Waals surface area contributed by atoms with Crippen molar-refractivity contribution in [1.82, 2.24) is 20.1 Å². The fourth-order valence-corrected chi connectivity index (χ4v) is 3.26. The highest BCUT2D eigenvalue weighted by molar-refractivity contribution is 7.71. The van der Waals surface area contributed by atoms with Gasteiger partial charge in [-0.3, -0.25) is 14.5 Å². The molecule has 0 radical (unpaired) electrons. The fraction of sp³-hybridized carbons (Fsp3) is 0.462. The Bertz CT molecular complexity index is 683. The molecule has 0 aliphatic carbocycles. The van der Waals surface area contributed by atoms with Gasteiger partial charge in [0.25, 0.3) is 0 Å². The van der Waals surface area contributed by atoms with E-state index in [-0.39, 0.29) is 18.0 Å². The molecule has 3 rings (SSSR count). The number of aromatic amines is 1. The predicted octanol–water partition coefficient (Wildman–Crippen LogP) is 1.96. The number of aromatic nitrogens is 3. The van der Waals surface area contributed by atoms with E-state index in [0.717, 1.165) is 11.3 Å². The lowest BCUT2D eigenvalue weighted by Gasteiger charge is -2.23. The van der Waals surface area contributed by atoms with Crippen LogP contribution in [0.15, 0.2) is 17.5 Å². The molecule has 1 atom stereocenters. The molecule has 112 valence electrons. The third kappa shape index (κ3) is 3.07. The molecule has 1 fully saturated rings. The summed E-state index contributed by atoms with van der Waals surface area (Å²) in [4.78, 5) is 13.3. The second kappa shape index (κ2) is 5.70. The van der Waals surface area contributed by atoms with Crippen molar-refractivity contribution < 1.29 is 9.53 Å². The van der Waals surface area contributed by atoms with Crippen LogP contribution in [0.3, 0.4) is 0 Å². The van der Waals surface area contributed by atoms with E-state index in [1.807, 2.05) is 24.4 Å². The number of hydrogen-bond acceptors (Lipinski definition) is 5. The Labute approximate surface area is 131 Å². The minimum Gasteiger partial charge on any atom is -0.379 e. The smallest absolute Gasteiger partial charge is 0.240 e. The average Bonchev–Trinajstić information content (AvgIpc) is 3.13. The Hall–Kier alpha value is -1.51. The van der Waals surface area contributed by atoms with Crippen LogP contribution in [0.2, 0.25) is 0 Å². The number of H-pyrrole nitrogens is 1. The summed E-state index contributed by atoms with van der Waals surface area (Å²) in [6.07, 6.45) is 0.827. The summed E-state index contributed by atoms with van der Waals surface area (Å²) in [6, 6.07) is 3.90. The Kier molecular flexibility index (Phi) is 3.92. The quantitative estimate of drug-likeness (QED) is 0.844. The number of ether oxygens (including phenoxy) is 1. The monoisotopic (exact) mass is 324 g/mol. The summed E-state index contributed by atoms with van der Waals surface area (Å²) in [5, 5.41) is 12.0. The topological polar surface area (TPSA) is 71.9 Å². The van der Waals surface area contributed by atoms with Crippen LogP contribution in [-0.2, 0) is 16.1 Å². The van der Waals surface area contributed by atoms with Crippen molar-refractivity contribution in [3.05, 3.63) is 22.3 Å². The van der Waals surface area contributed by atoms with Crippen LogP contribution >= 0.6 is 23.6 Å². The lowest BCUT2D eigenvalue weighted by molar-refractivity contribution is -0.123. The van der Waals surface area contributed by atoms with E-state index >= 15 is 0 Å². The van der Waals surface area contributed by atoms with Gasteiger partial charge in [0.15, 0.2) is 10.6 Å². The van der Waals surface area contributed by atoms with Gasteiger partial charge in [-0.15, -0.1) is 11.3 Å². The second-order valence-electron chi connectivity index (χ2n) is 5.33. The summed E-state index contributed by atoms with van der Waals surface area (Å²) < 4.78 is 7.51. The highest BCUT2D eigenvalue weighted by Crippen LogP contribution is 2.23. The molecule has 0 bridgehead atoms. The molecule has 1 aliphatic rings. The van der Waals surface area contributed by atoms with Gasteiger partial charge in [0.1, 0.15) is 6.54 Å². The van der Waals surface area contributed by atoms with E-state index < -0.39 is 0 Å². The van der Waals surface area contributed by atoms with Gasteiger partial charge in [0.2, 0.25) is 5.91 Å². The fourth-order valence-electron chi connectivity index (χ4n) is 2.34. The maximum Gasteiger partial charge on any atom is 0.240 e. The first kappa shape index (κ1) is 14.4. The molecule has 0 unspecified atom stereocenters. The van der Waals surface area contributed by atoms with Crippen LogP contribution in [0, 0.1) is 4.77 Å². The molecule has 21 heavy (non-hydrogen) atoms. The van der Waals surface area contributed by atoms with Crippen LogP contribution in [0.1, 0.15) is 13.3 Å². The van der Waals surface area contributed by atoms with E-state index in [1.54, 1.807) is 15.9 Å². The molecule has 1 saturated heterocycles. The van der Waals surface area contributed by atoms with Gasteiger partial charge in [-0.25, -0.2) is 0 Å². The minimum absolute atomic E-state index is 0.0849. The molecule has 3 heterocycles. The Morgan fingerprint density at radius 3 is 3.24 bits per heavy atom. The van der Waals surface area contributed by atoms with Crippen molar-refractivity contribution in [2.75, 3.05) is 13.2 Å². The van der Waals surface area contributed by atoms with Crippen LogP contribution in [0.25, 0.3) is 10.7 Å². The third-order valence-corrected chi connectivity index (χ3v) is 4.64. The number of rotatable bonds is 4. The first-order valence-corrected chi connectivity index (χ1v) is 7.94. The molecule has 2 aromatic heterocycles. The highest BCUT2D eigenvalue weighted by Gasteiger charge is 2.31. The molecule has 8 heteroatoms. The number of hydrogen-bond donors (Lipinski definition) is 2. The molecule has 0 aromatic carbocycles. The normalized spacial score (nSPS) is 21.6. The van der Waals surface area contributed by atoms with E-state index in [4.69, 9.17) is 17.0 Å². The lowest BCUT2D eigenvalue weighted by atomic mass is 10.0. The standard InChI is InChI=1S/C13H16N4O2S2/c1-13(4-5-19-8-13)14-10(18)7-17-11(15-16-12(17)20)9-3-2-6-21-9/h2-3,6H,4-5,7-8H2,1H3,(H,14,18)(H,16,20)/t13-/m1/s1. The van der Waals surface area contributed by atoms with E-state index in [2.05, 4.69) is 15.5 Å². The van der Waals surface area contributed by atoms with Gasteiger partial charge in [-0.2, -0.15) is 5.10 Å². The van der Waals surface area contributed by atoms with Gasteiger partial charge in [-0.1, -0.05) is 6.07 Å². The van der Waals surface area contributed by atoms with Crippen molar-refractivity contribution in [3.63, 3.8) is 0 Å². The van der Waals surface area contributed by atoms with Crippen molar-refractivity contribution in [2.24, 2.45) is 0 Å². The first-order valence-electron chi connectivity index (χ1n) is 6.65. The molecule has 0 spiro atoms. The van der Waals surface area contributed by atoms with E-state index in [0.29, 0.717) is 23.8 Å². The molecule has 2 N–H and O–H groups in total. The summed E-state index contributed by atoms with van der Waals surface area (Å²) in [7, 11) is 0. The maximum absolute atomic E-state index is 12.3. The zero-order valence-electron chi connectivity index (χ0n) is 11.6. The first-order chi connectivity index (χ1) is 10.1. The number of nitrogens with zero attached hydrogens (tertiary/aromatic N) is 2. The largest absolute Gasteiger partial charge is 0.379 e. The minimum atomic E-state index is -0.286. The molecule has 1 amide bonds. The number of amides is 1. The zero-order valence-corrected chi connectivity index (χ0v) is 13.2. The molecule has 6 nitrogen and oxygen atoms in total. The van der Waals surface area contributed by atoms with Crippen molar-refractivity contribution in [2.45, 2.75) is 25.4 Å². The number of nitrogens with one attached hydrogen (secondary N) is 2. The Balaban J connectivity index is 1.77. The van der Waals surface area contributed by atoms with Crippen LogP contribution in [0.4, 0.5) is 0 Å². The lowest BCUT2D eigenvalue weighted by Crippen LogP contribution is -2.47. The molecular weight excluding hydrogens is 308 g/mol. The van der Waals surface area contributed by atoms with E-state index in [1.165, 1.54) is 0 Å². The van der Waals surface area contributed by atoms with Crippen molar-refractivity contribution in [3.8, 4) is 10.7 Å². The van der Waals surface area contributed by atoms with Crippen LogP contribution in [0.5, 0.6) is 0 Å². The molecule has 2 aromatic rings. The third-order valence-electron chi connectivity index (χ3n) is 3.46. The molecule has 1 aliphatic heterocycles. The number of thiophene rings is 1. The average molecular weight is 324 g/mol. The van der Waals surface area contributed by atoms with Crippen LogP contribution < -0.4 is 5.32 Å². The SMILES string of the molecule is C[C@@]1(NC(=O)Cn2c(-c3cccs3)n[nH]c2=S)CCOC1. The molecule has 0 saturated carbocycles. The van der Waals surface area contributed by atoms with Crippen LogP contribution in [-0.4, -0.2) is 39.4 Å². The summed E-state index contributed by atoms with van der Waals surface area (Å²) >= 11 is 6.78. The van der Waals surface area contributed by atoms with Gasteiger partial charge >= 0.3 is 0 Å². The number of carbonyl (C=O) groups excluding carboxylic acids is 1. The van der Waals surface area contributed by atoms with Crippen molar-refractivity contribution in [1.29, 1.82) is 0 Å². The van der Waals surface area contributed by atoms with Gasteiger partial charge in [0, 0.05) is 6.61 Å².